The van der Waals surface area contributed by atoms with E-state index in [2.05, 4.69) is 10.2 Å². The van der Waals surface area contributed by atoms with E-state index in [4.69, 9.17) is 10.7 Å². The minimum atomic E-state index is 0.655. The lowest BCUT2D eigenvalue weighted by Crippen LogP contribution is -2.10. The van der Waals surface area contributed by atoms with Crippen molar-refractivity contribution in [3.8, 4) is 0 Å². The SMILES string of the molecule is Nc1[nH]nc2nc(C3CCCCC3)c3c(c12)CCC3. The van der Waals surface area contributed by atoms with Crippen LogP contribution < -0.4 is 5.73 Å². The van der Waals surface area contributed by atoms with Crippen LogP contribution in [0.15, 0.2) is 0 Å². The molecule has 1 saturated carbocycles. The van der Waals surface area contributed by atoms with Crippen molar-refractivity contribution >= 4 is 16.9 Å². The molecule has 0 atom stereocenters. The number of aryl methyl sites for hydroxylation is 1. The number of H-pyrrole nitrogens is 1. The smallest absolute Gasteiger partial charge is 0.183 e. The molecule has 4 heteroatoms. The lowest BCUT2D eigenvalue weighted by Gasteiger charge is -2.23. The molecule has 0 aliphatic heterocycles. The highest BCUT2D eigenvalue weighted by Gasteiger charge is 2.27. The summed E-state index contributed by atoms with van der Waals surface area (Å²) in [6, 6.07) is 0. The zero-order chi connectivity index (χ0) is 12.8. The van der Waals surface area contributed by atoms with Crippen molar-refractivity contribution in [3.63, 3.8) is 0 Å². The van der Waals surface area contributed by atoms with Crippen molar-refractivity contribution in [1.29, 1.82) is 0 Å². The van der Waals surface area contributed by atoms with E-state index in [1.165, 1.54) is 61.8 Å². The molecule has 2 aromatic heterocycles. The predicted molar refractivity (Wildman–Crippen MR) is 76.2 cm³/mol. The first kappa shape index (κ1) is 11.3. The average molecular weight is 256 g/mol. The van der Waals surface area contributed by atoms with Crippen molar-refractivity contribution in [2.24, 2.45) is 0 Å². The normalized spacial score (nSPS) is 20.0. The number of hydrogen-bond acceptors (Lipinski definition) is 3. The standard InChI is InChI=1S/C15H20N4/c16-14-12-10-7-4-8-11(10)13(17-15(12)19-18-14)9-5-2-1-3-6-9/h9H,1-8H2,(H3,16,17,18,19). The van der Waals surface area contributed by atoms with Crippen molar-refractivity contribution < 1.29 is 0 Å². The number of aromatic nitrogens is 3. The monoisotopic (exact) mass is 256 g/mol. The summed E-state index contributed by atoms with van der Waals surface area (Å²) in [5.41, 5.74) is 11.1. The van der Waals surface area contributed by atoms with Gasteiger partial charge in [0.2, 0.25) is 0 Å². The van der Waals surface area contributed by atoms with Gasteiger partial charge in [-0.05, 0) is 43.2 Å². The number of anilines is 1. The molecule has 100 valence electrons. The van der Waals surface area contributed by atoms with Gasteiger partial charge in [0, 0.05) is 11.6 Å². The maximum Gasteiger partial charge on any atom is 0.183 e. The van der Waals surface area contributed by atoms with E-state index in [0.29, 0.717) is 11.7 Å². The highest BCUT2D eigenvalue weighted by molar-refractivity contribution is 5.90. The average Bonchev–Trinajstić information content (AvgIpc) is 3.05. The minimum Gasteiger partial charge on any atom is -0.384 e. The lowest BCUT2D eigenvalue weighted by molar-refractivity contribution is 0.435. The van der Waals surface area contributed by atoms with E-state index in [9.17, 15) is 0 Å². The molecule has 0 amide bonds. The fourth-order valence-electron chi connectivity index (χ4n) is 3.92. The molecule has 0 radical (unpaired) electrons. The number of pyridine rings is 1. The number of aromatic amines is 1. The summed E-state index contributed by atoms with van der Waals surface area (Å²) in [7, 11) is 0. The lowest BCUT2D eigenvalue weighted by atomic mass is 9.84. The van der Waals surface area contributed by atoms with Crippen LogP contribution in [0.5, 0.6) is 0 Å². The second-order valence-electron chi connectivity index (χ2n) is 5.98. The highest BCUT2D eigenvalue weighted by Crippen LogP contribution is 2.40. The minimum absolute atomic E-state index is 0.655. The zero-order valence-corrected chi connectivity index (χ0v) is 11.2. The summed E-state index contributed by atoms with van der Waals surface area (Å²) in [6.45, 7) is 0. The molecule has 0 saturated heterocycles. The molecule has 19 heavy (non-hydrogen) atoms. The highest BCUT2D eigenvalue weighted by atomic mass is 15.2. The number of hydrogen-bond donors (Lipinski definition) is 2. The first-order valence-corrected chi connectivity index (χ1v) is 7.50. The Labute approximate surface area is 112 Å². The maximum absolute atomic E-state index is 6.02. The maximum atomic E-state index is 6.02. The van der Waals surface area contributed by atoms with Gasteiger partial charge in [-0.25, -0.2) is 4.98 Å². The Balaban J connectivity index is 1.91. The van der Waals surface area contributed by atoms with E-state index in [0.717, 1.165) is 17.5 Å². The van der Waals surface area contributed by atoms with E-state index in [1.807, 2.05) is 0 Å². The van der Waals surface area contributed by atoms with Crippen LogP contribution in [0.25, 0.3) is 11.0 Å². The van der Waals surface area contributed by atoms with Gasteiger partial charge in [-0.2, -0.15) is 5.10 Å². The third kappa shape index (κ3) is 1.66. The molecule has 2 heterocycles. The molecule has 2 aromatic rings. The summed E-state index contributed by atoms with van der Waals surface area (Å²) in [5, 5.41) is 8.28. The van der Waals surface area contributed by atoms with Gasteiger partial charge in [0.15, 0.2) is 5.65 Å². The molecule has 1 fully saturated rings. The molecular weight excluding hydrogens is 236 g/mol. The van der Waals surface area contributed by atoms with Crippen LogP contribution in [0, 0.1) is 0 Å². The van der Waals surface area contributed by atoms with Crippen LogP contribution in [0.1, 0.15) is 61.3 Å². The quantitative estimate of drug-likeness (QED) is 0.824. The number of rotatable bonds is 1. The van der Waals surface area contributed by atoms with Gasteiger partial charge in [0.1, 0.15) is 5.82 Å². The molecule has 0 aromatic carbocycles. The van der Waals surface area contributed by atoms with Crippen LogP contribution in [-0.4, -0.2) is 15.2 Å². The summed E-state index contributed by atoms with van der Waals surface area (Å²) in [6.07, 6.45) is 10.2. The molecular formula is C15H20N4. The Morgan fingerprint density at radius 3 is 2.63 bits per heavy atom. The number of nitrogen functional groups attached to an aromatic ring is 1. The van der Waals surface area contributed by atoms with Gasteiger partial charge in [-0.3, -0.25) is 5.10 Å². The predicted octanol–water partition coefficient (Wildman–Crippen LogP) is 3.08. The number of nitrogens with zero attached hydrogens (tertiary/aromatic N) is 2. The van der Waals surface area contributed by atoms with Crippen molar-refractivity contribution in [1.82, 2.24) is 15.2 Å². The van der Waals surface area contributed by atoms with Crippen molar-refractivity contribution in [2.75, 3.05) is 5.73 Å². The van der Waals surface area contributed by atoms with Crippen molar-refractivity contribution in [3.05, 3.63) is 16.8 Å². The Kier molecular flexibility index (Phi) is 2.50. The number of nitrogens with two attached hydrogens (primary N) is 1. The summed E-state index contributed by atoms with van der Waals surface area (Å²) >= 11 is 0. The fraction of sp³-hybridized carbons (Fsp3) is 0.600. The van der Waals surface area contributed by atoms with E-state index >= 15 is 0 Å². The number of fused-ring (bicyclic) bond motifs is 3. The molecule has 0 unspecified atom stereocenters. The van der Waals surface area contributed by atoms with Crippen LogP contribution in [0.3, 0.4) is 0 Å². The van der Waals surface area contributed by atoms with Crippen LogP contribution in [0.2, 0.25) is 0 Å². The van der Waals surface area contributed by atoms with Crippen molar-refractivity contribution in [2.45, 2.75) is 57.3 Å². The second-order valence-corrected chi connectivity index (χ2v) is 5.98. The second kappa shape index (κ2) is 4.22. The Hall–Kier alpha value is -1.58. The van der Waals surface area contributed by atoms with Crippen LogP contribution in [-0.2, 0) is 12.8 Å². The van der Waals surface area contributed by atoms with E-state index < -0.39 is 0 Å². The Morgan fingerprint density at radius 2 is 1.79 bits per heavy atom. The molecule has 2 aliphatic carbocycles. The fourth-order valence-corrected chi connectivity index (χ4v) is 3.92. The Morgan fingerprint density at radius 1 is 1.00 bits per heavy atom. The Bertz CT molecular complexity index is 623. The molecule has 4 nitrogen and oxygen atoms in total. The third-order valence-electron chi connectivity index (χ3n) is 4.82. The number of nitrogens with one attached hydrogen (secondary N) is 1. The van der Waals surface area contributed by atoms with E-state index in [1.54, 1.807) is 0 Å². The first-order chi connectivity index (χ1) is 9.34. The summed E-state index contributed by atoms with van der Waals surface area (Å²) in [4.78, 5) is 4.87. The van der Waals surface area contributed by atoms with Crippen LogP contribution >= 0.6 is 0 Å². The molecule has 4 rings (SSSR count). The molecule has 2 aliphatic rings. The summed E-state index contributed by atoms with van der Waals surface area (Å²) in [5.74, 6) is 1.35. The third-order valence-corrected chi connectivity index (χ3v) is 4.82. The van der Waals surface area contributed by atoms with Gasteiger partial charge in [-0.1, -0.05) is 19.3 Å². The zero-order valence-electron chi connectivity index (χ0n) is 11.2. The molecule has 0 spiro atoms. The summed E-state index contributed by atoms with van der Waals surface area (Å²) < 4.78 is 0. The molecule has 0 bridgehead atoms. The molecule has 3 N–H and O–H groups in total. The van der Waals surface area contributed by atoms with Gasteiger partial charge >= 0.3 is 0 Å². The van der Waals surface area contributed by atoms with Gasteiger partial charge in [0.05, 0.1) is 5.39 Å². The first-order valence-electron chi connectivity index (χ1n) is 7.50. The van der Waals surface area contributed by atoms with Gasteiger partial charge < -0.3 is 5.73 Å². The van der Waals surface area contributed by atoms with Crippen LogP contribution in [0.4, 0.5) is 5.82 Å². The largest absolute Gasteiger partial charge is 0.384 e. The van der Waals surface area contributed by atoms with Gasteiger partial charge in [-0.15, -0.1) is 0 Å². The topological polar surface area (TPSA) is 67.6 Å². The van der Waals surface area contributed by atoms with E-state index in [-0.39, 0.29) is 0 Å². The van der Waals surface area contributed by atoms with Gasteiger partial charge in [0.25, 0.3) is 0 Å².